The summed E-state index contributed by atoms with van der Waals surface area (Å²) < 4.78 is 5.71. The minimum atomic E-state index is 0.169. The van der Waals surface area contributed by atoms with E-state index in [1.54, 1.807) is 13.0 Å². The fourth-order valence-electron chi connectivity index (χ4n) is 2.40. The number of nitrogens with zero attached hydrogens (tertiary/aromatic N) is 2. The molecule has 1 heterocycles. The van der Waals surface area contributed by atoms with Crippen LogP contribution >= 0.6 is 0 Å². The second-order valence-corrected chi connectivity index (χ2v) is 5.45. The second-order valence-electron chi connectivity index (χ2n) is 5.45. The summed E-state index contributed by atoms with van der Waals surface area (Å²) >= 11 is 0. The van der Waals surface area contributed by atoms with E-state index in [0.29, 0.717) is 17.3 Å². The first-order valence-electron chi connectivity index (χ1n) is 7.09. The van der Waals surface area contributed by atoms with Crippen molar-refractivity contribution in [3.8, 4) is 0 Å². The first-order chi connectivity index (χ1) is 9.87. The van der Waals surface area contributed by atoms with Gasteiger partial charge in [0.1, 0.15) is 5.76 Å². The number of allylic oxidation sites excluding steroid dienone is 2. The molecule has 118 valence electrons. The van der Waals surface area contributed by atoms with Crippen molar-refractivity contribution in [2.24, 2.45) is 21.6 Å². The van der Waals surface area contributed by atoms with Gasteiger partial charge in [0.25, 0.3) is 0 Å². The number of amidine groups is 1. The maximum Gasteiger partial charge on any atom is 0.151 e. The van der Waals surface area contributed by atoms with Gasteiger partial charge >= 0.3 is 0 Å². The first-order valence-corrected chi connectivity index (χ1v) is 7.09. The van der Waals surface area contributed by atoms with E-state index in [1.807, 2.05) is 6.92 Å². The van der Waals surface area contributed by atoms with Crippen molar-refractivity contribution in [1.82, 2.24) is 0 Å². The van der Waals surface area contributed by atoms with Crippen molar-refractivity contribution in [2.75, 3.05) is 0 Å². The van der Waals surface area contributed by atoms with Crippen LogP contribution in [0.1, 0.15) is 40.5 Å². The summed E-state index contributed by atoms with van der Waals surface area (Å²) in [4.78, 5) is 13.3. The standard InChI is InChI=1S/C15H26N4O2/c1-9-6-13(7-10(2)20-9)19-15(18-5)12(4)14(16)8-11(3)21-17/h8-10,13H,5-7,16-17H2,1-4H3/b11-8+,14-12?,19-15?/t9-,10+,13?. The van der Waals surface area contributed by atoms with E-state index in [-0.39, 0.29) is 18.2 Å². The van der Waals surface area contributed by atoms with Crippen molar-refractivity contribution in [3.63, 3.8) is 0 Å². The van der Waals surface area contributed by atoms with E-state index in [0.717, 1.165) is 18.4 Å². The van der Waals surface area contributed by atoms with Crippen LogP contribution in [0.5, 0.6) is 0 Å². The number of aliphatic imine (C=N–C) groups is 2. The molecule has 1 saturated heterocycles. The molecular formula is C15H26N4O2. The summed E-state index contributed by atoms with van der Waals surface area (Å²) in [7, 11) is 0. The highest BCUT2D eigenvalue weighted by Gasteiger charge is 2.24. The zero-order valence-corrected chi connectivity index (χ0v) is 13.3. The molecular weight excluding hydrogens is 268 g/mol. The molecule has 0 aromatic rings. The molecule has 0 saturated carbocycles. The molecule has 4 N–H and O–H groups in total. The Bertz CT molecular complexity index is 458. The van der Waals surface area contributed by atoms with Gasteiger partial charge in [-0.25, -0.2) is 4.99 Å². The number of ether oxygens (including phenoxy) is 1. The Morgan fingerprint density at radius 2 is 1.86 bits per heavy atom. The predicted molar refractivity (Wildman–Crippen MR) is 85.9 cm³/mol. The molecule has 1 aliphatic rings. The summed E-state index contributed by atoms with van der Waals surface area (Å²) in [5.74, 6) is 6.16. The van der Waals surface area contributed by atoms with Crippen LogP contribution in [0.15, 0.2) is 33.1 Å². The lowest BCUT2D eigenvalue weighted by Gasteiger charge is -2.30. The quantitative estimate of drug-likeness (QED) is 0.273. The highest BCUT2D eigenvalue weighted by atomic mass is 16.6. The topological polar surface area (TPSA) is 95.2 Å². The average molecular weight is 294 g/mol. The minimum absolute atomic E-state index is 0.169. The highest BCUT2D eigenvalue weighted by molar-refractivity contribution is 6.01. The van der Waals surface area contributed by atoms with Gasteiger partial charge in [0.15, 0.2) is 5.84 Å². The molecule has 6 heteroatoms. The molecule has 0 bridgehead atoms. The largest absolute Gasteiger partial charge is 0.416 e. The Morgan fingerprint density at radius 1 is 1.29 bits per heavy atom. The lowest BCUT2D eigenvalue weighted by atomic mass is 10.0. The molecule has 0 aromatic heterocycles. The molecule has 21 heavy (non-hydrogen) atoms. The monoisotopic (exact) mass is 294 g/mol. The number of nitrogens with two attached hydrogens (primary N) is 2. The molecule has 1 unspecified atom stereocenters. The van der Waals surface area contributed by atoms with Gasteiger partial charge < -0.3 is 15.3 Å². The van der Waals surface area contributed by atoms with Crippen LogP contribution < -0.4 is 11.6 Å². The number of hydrogen-bond acceptors (Lipinski definition) is 5. The normalized spacial score (nSPS) is 28.9. The van der Waals surface area contributed by atoms with Crippen LogP contribution in [0.2, 0.25) is 0 Å². The van der Waals surface area contributed by atoms with Crippen molar-refractivity contribution in [2.45, 2.75) is 58.8 Å². The van der Waals surface area contributed by atoms with Gasteiger partial charge in [0.2, 0.25) is 0 Å². The van der Waals surface area contributed by atoms with Crippen LogP contribution in [-0.2, 0) is 9.57 Å². The van der Waals surface area contributed by atoms with Crippen molar-refractivity contribution < 1.29 is 9.57 Å². The fourth-order valence-corrected chi connectivity index (χ4v) is 2.40. The smallest absolute Gasteiger partial charge is 0.151 e. The fraction of sp³-hybridized carbons (Fsp3) is 0.600. The SMILES string of the molecule is C=NC(=NC1C[C@@H](C)O[C@@H](C)C1)C(C)=C(N)/C=C(\C)ON. The van der Waals surface area contributed by atoms with Gasteiger partial charge in [-0.05, 0) is 47.3 Å². The molecule has 0 aromatic carbocycles. The Morgan fingerprint density at radius 3 is 2.33 bits per heavy atom. The Balaban J connectivity index is 2.98. The molecule has 1 aliphatic heterocycles. The predicted octanol–water partition coefficient (Wildman–Crippen LogP) is 2.07. The molecule has 0 amide bonds. The minimum Gasteiger partial charge on any atom is -0.416 e. The zero-order valence-electron chi connectivity index (χ0n) is 13.3. The zero-order chi connectivity index (χ0) is 16.0. The van der Waals surface area contributed by atoms with Crippen LogP contribution in [0.3, 0.4) is 0 Å². The van der Waals surface area contributed by atoms with Gasteiger partial charge in [-0.15, -0.1) is 0 Å². The number of rotatable bonds is 4. The third-order valence-electron chi connectivity index (χ3n) is 3.44. The lowest BCUT2D eigenvalue weighted by molar-refractivity contribution is -0.0362. The molecule has 1 fully saturated rings. The molecule has 6 nitrogen and oxygen atoms in total. The van der Waals surface area contributed by atoms with E-state index < -0.39 is 0 Å². The first kappa shape index (κ1) is 17.4. The number of hydrogen-bond donors (Lipinski definition) is 2. The summed E-state index contributed by atoms with van der Waals surface area (Å²) in [6.45, 7) is 11.3. The Labute approximate surface area is 126 Å². The van der Waals surface area contributed by atoms with Gasteiger partial charge in [-0.3, -0.25) is 4.99 Å². The third-order valence-corrected chi connectivity index (χ3v) is 3.44. The van der Waals surface area contributed by atoms with Gasteiger partial charge in [-0.2, -0.15) is 5.90 Å². The molecule has 0 radical (unpaired) electrons. The summed E-state index contributed by atoms with van der Waals surface area (Å²) in [5.41, 5.74) is 7.27. The maximum atomic E-state index is 6.00. The summed E-state index contributed by atoms with van der Waals surface area (Å²) in [5, 5.41) is 0. The summed E-state index contributed by atoms with van der Waals surface area (Å²) in [6, 6.07) is 0.169. The van der Waals surface area contributed by atoms with E-state index in [1.165, 1.54) is 0 Å². The van der Waals surface area contributed by atoms with Gasteiger partial charge in [-0.1, -0.05) is 0 Å². The van der Waals surface area contributed by atoms with Crippen LogP contribution in [-0.4, -0.2) is 30.8 Å². The van der Waals surface area contributed by atoms with Crippen molar-refractivity contribution in [3.05, 3.63) is 23.1 Å². The van der Waals surface area contributed by atoms with E-state index in [4.69, 9.17) is 16.4 Å². The molecule has 0 spiro atoms. The van der Waals surface area contributed by atoms with E-state index in [9.17, 15) is 0 Å². The van der Waals surface area contributed by atoms with E-state index >= 15 is 0 Å². The van der Waals surface area contributed by atoms with Crippen molar-refractivity contribution >= 4 is 12.6 Å². The molecule has 0 aliphatic carbocycles. The average Bonchev–Trinajstić information content (AvgIpc) is 2.42. The second kappa shape index (κ2) is 7.95. The highest BCUT2D eigenvalue weighted by Crippen LogP contribution is 2.22. The molecule has 3 atom stereocenters. The van der Waals surface area contributed by atoms with E-state index in [2.05, 4.69) is 35.4 Å². The lowest BCUT2D eigenvalue weighted by Crippen LogP contribution is -2.32. The third kappa shape index (κ3) is 5.32. The van der Waals surface area contributed by atoms with Gasteiger partial charge in [0, 0.05) is 17.3 Å². The van der Waals surface area contributed by atoms with Crippen LogP contribution in [0.25, 0.3) is 0 Å². The Hall–Kier alpha value is -1.66. The summed E-state index contributed by atoms with van der Waals surface area (Å²) in [6.07, 6.45) is 3.78. The van der Waals surface area contributed by atoms with Gasteiger partial charge in [0.05, 0.1) is 18.2 Å². The molecule has 1 rings (SSSR count). The van der Waals surface area contributed by atoms with Crippen LogP contribution in [0.4, 0.5) is 0 Å². The van der Waals surface area contributed by atoms with Crippen molar-refractivity contribution in [1.29, 1.82) is 0 Å². The van der Waals surface area contributed by atoms with Crippen LogP contribution in [0, 0.1) is 0 Å². The Kier molecular flexibility index (Phi) is 6.58. The maximum absolute atomic E-state index is 6.00.